The first-order valence-electron chi connectivity index (χ1n) is 3.90. The van der Waals surface area contributed by atoms with E-state index in [0.717, 1.165) is 0 Å². The van der Waals surface area contributed by atoms with Crippen LogP contribution in [-0.2, 0) is 0 Å². The summed E-state index contributed by atoms with van der Waals surface area (Å²) in [5.41, 5.74) is -7.64. The third-order valence-electron chi connectivity index (χ3n) is 2.04. The van der Waals surface area contributed by atoms with Gasteiger partial charge in [-0.05, 0) is 0 Å². The van der Waals surface area contributed by atoms with Crippen LogP contribution in [0.4, 0.5) is 57.1 Å². The molecule has 0 spiro atoms. The smallest absolute Gasteiger partial charge is 0.221 e. The Morgan fingerprint density at radius 3 is 0.650 bits per heavy atom. The minimum absolute atomic E-state index is 0.256. The fraction of sp³-hybridized carbons (Fsp3) is 1.00. The molecular formula is C6BrF13. The van der Waals surface area contributed by atoms with Gasteiger partial charge in [-0.25, -0.2) is 4.39 Å². The molecule has 0 rings (SSSR count). The maximum atomic E-state index is 13.1. The molecule has 0 saturated heterocycles. The molecule has 0 fully saturated rings. The maximum absolute atomic E-state index is 13.1. The first-order valence-corrected chi connectivity index (χ1v) is 4.69. The highest BCUT2D eigenvalue weighted by Gasteiger charge is 2.94. The number of rotatable bonds is 1. The van der Waals surface area contributed by atoms with Crippen LogP contribution in [0, 0.1) is 0 Å². The summed E-state index contributed by atoms with van der Waals surface area (Å²) < 4.78 is 151. The predicted molar refractivity (Wildman–Crippen MR) is 39.7 cm³/mol. The monoisotopic (exact) mass is 398 g/mol. The van der Waals surface area contributed by atoms with Gasteiger partial charge in [0.2, 0.25) is 0 Å². The topological polar surface area (TPSA) is 0 Å². The van der Waals surface area contributed by atoms with E-state index in [1.165, 1.54) is 0 Å². The molecule has 0 atom stereocenters. The summed E-state index contributed by atoms with van der Waals surface area (Å²) >= 11 is 0.256. The Labute approximate surface area is 109 Å². The van der Waals surface area contributed by atoms with Gasteiger partial charge < -0.3 is 0 Å². The summed E-state index contributed by atoms with van der Waals surface area (Å²) in [4.78, 5) is 0. The van der Waals surface area contributed by atoms with Crippen LogP contribution in [0.1, 0.15) is 0 Å². The van der Waals surface area contributed by atoms with E-state index in [4.69, 9.17) is 0 Å². The fourth-order valence-electron chi connectivity index (χ4n) is 1.10. The molecule has 0 aliphatic carbocycles. The zero-order chi connectivity index (χ0) is 17.0. The molecule has 122 valence electrons. The molecule has 0 N–H and O–H groups in total. The van der Waals surface area contributed by atoms with Crippen molar-refractivity contribution in [3.05, 3.63) is 0 Å². The van der Waals surface area contributed by atoms with E-state index in [-0.39, 0.29) is 15.9 Å². The van der Waals surface area contributed by atoms with Crippen molar-refractivity contribution < 1.29 is 57.1 Å². The van der Waals surface area contributed by atoms with Crippen LogP contribution < -0.4 is 0 Å². The Hall–Kier alpha value is -0.430. The van der Waals surface area contributed by atoms with Crippen LogP contribution in [-0.4, -0.2) is 34.7 Å². The summed E-state index contributed by atoms with van der Waals surface area (Å²) in [5, 5.41) is 0. The Morgan fingerprint density at radius 1 is 0.400 bits per heavy atom. The molecule has 14 heteroatoms. The van der Waals surface area contributed by atoms with Gasteiger partial charge in [0.05, 0.1) is 0 Å². The van der Waals surface area contributed by atoms with Gasteiger partial charge in [-0.3, -0.25) is 0 Å². The zero-order valence-corrected chi connectivity index (χ0v) is 9.88. The highest BCUT2D eigenvalue weighted by molar-refractivity contribution is 9.10. The van der Waals surface area contributed by atoms with Crippen molar-refractivity contribution >= 4 is 15.9 Å². The van der Waals surface area contributed by atoms with Crippen molar-refractivity contribution in [3.8, 4) is 0 Å². The van der Waals surface area contributed by atoms with Crippen molar-refractivity contribution in [2.75, 3.05) is 0 Å². The molecule has 0 aliphatic heterocycles. The van der Waals surface area contributed by atoms with E-state index in [0.29, 0.717) is 0 Å². The first kappa shape index (κ1) is 19.6. The molecule has 20 heavy (non-hydrogen) atoms. The molecule has 0 aromatic rings. The van der Waals surface area contributed by atoms with E-state index in [9.17, 15) is 57.1 Å². The quantitative estimate of drug-likeness (QED) is 0.427. The van der Waals surface area contributed by atoms with E-state index in [1.807, 2.05) is 0 Å². The third kappa shape index (κ3) is 2.43. The second-order valence-electron chi connectivity index (χ2n) is 3.31. The van der Waals surface area contributed by atoms with Gasteiger partial charge in [0.15, 0.2) is 0 Å². The number of halogens is 14. The van der Waals surface area contributed by atoms with E-state index in [1.54, 1.807) is 0 Å². The van der Waals surface area contributed by atoms with Crippen LogP contribution in [0.2, 0.25) is 0 Å². The van der Waals surface area contributed by atoms with Crippen LogP contribution in [0.3, 0.4) is 0 Å². The number of alkyl halides is 14. The standard InChI is InChI=1S/C6BrF13/c7-1(3(9,10)11,4(12,13)14)2(8,5(15,16)17)6(18,19)20. The molecule has 0 saturated carbocycles. The van der Waals surface area contributed by atoms with Crippen LogP contribution in [0.15, 0.2) is 0 Å². The average molecular weight is 399 g/mol. The molecule has 0 nitrogen and oxygen atoms in total. The molecule has 0 aromatic heterocycles. The summed E-state index contributed by atoms with van der Waals surface area (Å²) in [6.45, 7) is 0. The van der Waals surface area contributed by atoms with Gasteiger partial charge in [-0.15, -0.1) is 0 Å². The highest BCUT2D eigenvalue weighted by atomic mass is 79.9. The van der Waals surface area contributed by atoms with Crippen molar-refractivity contribution in [1.82, 2.24) is 0 Å². The summed E-state index contributed by atoms with van der Waals surface area (Å²) in [5.74, 6) is 0. The molecular weight excluding hydrogens is 399 g/mol. The Bertz CT molecular complexity index is 289. The molecule has 0 aliphatic rings. The van der Waals surface area contributed by atoms with Gasteiger partial charge in [-0.2, -0.15) is 52.7 Å². The lowest BCUT2D eigenvalue weighted by Crippen LogP contribution is -2.75. The number of hydrogen-bond acceptors (Lipinski definition) is 0. The van der Waals surface area contributed by atoms with Crippen molar-refractivity contribution in [2.24, 2.45) is 0 Å². The minimum Gasteiger partial charge on any atom is -0.221 e. The second-order valence-corrected chi connectivity index (χ2v) is 4.50. The largest absolute Gasteiger partial charge is 0.433 e. The lowest BCUT2D eigenvalue weighted by atomic mass is 9.86. The van der Waals surface area contributed by atoms with Gasteiger partial charge in [0.1, 0.15) is 0 Å². The molecule has 0 aromatic carbocycles. The van der Waals surface area contributed by atoms with Crippen molar-refractivity contribution in [1.29, 1.82) is 0 Å². The van der Waals surface area contributed by atoms with E-state index in [2.05, 4.69) is 0 Å². The van der Waals surface area contributed by atoms with E-state index >= 15 is 0 Å². The minimum atomic E-state index is -7.64. The van der Waals surface area contributed by atoms with Gasteiger partial charge >= 0.3 is 30.4 Å². The van der Waals surface area contributed by atoms with Gasteiger partial charge in [-0.1, -0.05) is 15.9 Å². The second kappa shape index (κ2) is 4.53. The molecule has 0 bridgehead atoms. The van der Waals surface area contributed by atoms with Crippen LogP contribution in [0.5, 0.6) is 0 Å². The molecule has 0 amide bonds. The number of hydrogen-bond donors (Lipinski definition) is 0. The Morgan fingerprint density at radius 2 is 0.600 bits per heavy atom. The lowest BCUT2D eigenvalue weighted by molar-refractivity contribution is -0.408. The summed E-state index contributed by atoms with van der Waals surface area (Å²) in [7, 11) is 0. The van der Waals surface area contributed by atoms with Crippen molar-refractivity contribution in [2.45, 2.75) is 34.7 Å². The van der Waals surface area contributed by atoms with Crippen LogP contribution >= 0.6 is 15.9 Å². The first-order chi connectivity index (χ1) is 8.25. The molecule has 0 unspecified atom stereocenters. The average Bonchev–Trinajstić information content (AvgIpc) is 2.07. The van der Waals surface area contributed by atoms with E-state index < -0.39 is 34.7 Å². The van der Waals surface area contributed by atoms with Crippen LogP contribution in [0.25, 0.3) is 0 Å². The van der Waals surface area contributed by atoms with Crippen molar-refractivity contribution in [3.63, 3.8) is 0 Å². The highest BCUT2D eigenvalue weighted by Crippen LogP contribution is 2.65. The Balaban J connectivity index is 6.71. The molecule has 0 heterocycles. The van der Waals surface area contributed by atoms with Gasteiger partial charge in [0.25, 0.3) is 4.32 Å². The maximum Gasteiger partial charge on any atom is 0.433 e. The van der Waals surface area contributed by atoms with Gasteiger partial charge in [0, 0.05) is 0 Å². The summed E-state index contributed by atoms with van der Waals surface area (Å²) in [6.07, 6.45) is -29.7. The fourth-order valence-corrected chi connectivity index (χ4v) is 1.55. The zero-order valence-electron chi connectivity index (χ0n) is 8.29. The normalized spacial score (nSPS) is 16.5. The molecule has 0 radical (unpaired) electrons. The third-order valence-corrected chi connectivity index (χ3v) is 3.48. The SMILES string of the molecule is FC(F)(F)C(F)(C(F)(F)F)C(Br)(C(F)(F)F)C(F)(F)F. The Kier molecular flexibility index (Phi) is 4.43. The lowest BCUT2D eigenvalue weighted by Gasteiger charge is -2.44. The predicted octanol–water partition coefficient (Wildman–Crippen LogP) is 5.08. The summed E-state index contributed by atoms with van der Waals surface area (Å²) in [6, 6.07) is 0.